The molecule has 35 heavy (non-hydrogen) atoms. The second-order valence-electron chi connectivity index (χ2n) is 8.63. The number of nitrogens with two attached hydrogens (primary N) is 1. The molecule has 9 nitrogen and oxygen atoms in total. The molecule has 2 aromatic rings. The number of nitrogens with one attached hydrogen (secondary N) is 1. The van der Waals surface area contributed by atoms with Gasteiger partial charge in [-0.15, -0.1) is 0 Å². The second kappa shape index (κ2) is 11.6. The summed E-state index contributed by atoms with van der Waals surface area (Å²) in [5, 5.41) is 21.2. The third-order valence-electron chi connectivity index (χ3n) is 5.81. The van der Waals surface area contributed by atoms with Gasteiger partial charge in [-0.1, -0.05) is 12.1 Å². The first-order valence-electron chi connectivity index (χ1n) is 11.6. The monoisotopic (exact) mass is 477 g/mol. The number of rotatable bonds is 8. The Labute approximate surface area is 205 Å². The van der Waals surface area contributed by atoms with Gasteiger partial charge in [0, 0.05) is 30.8 Å². The fourth-order valence-corrected chi connectivity index (χ4v) is 4.06. The van der Waals surface area contributed by atoms with Gasteiger partial charge in [-0.25, -0.2) is 0 Å². The molecule has 184 valence electrons. The van der Waals surface area contributed by atoms with Gasteiger partial charge in [0.1, 0.15) is 17.7 Å². The van der Waals surface area contributed by atoms with E-state index in [0.717, 1.165) is 16.7 Å². The number of aliphatic hydroxyl groups is 1. The number of carbonyl (C=O) groups excluding carboxylic acids is 2. The number of aliphatic hydroxyl groups excluding tert-OH is 1. The van der Waals surface area contributed by atoms with Crippen LogP contribution in [0.15, 0.2) is 35.3 Å². The lowest BCUT2D eigenvalue weighted by Gasteiger charge is -2.30. The third kappa shape index (κ3) is 6.23. The van der Waals surface area contributed by atoms with Gasteiger partial charge in [0.2, 0.25) is 5.91 Å². The van der Waals surface area contributed by atoms with Crippen LogP contribution in [0.25, 0.3) is 0 Å². The Morgan fingerprint density at radius 1 is 1.31 bits per heavy atom. The minimum Gasteiger partial charge on any atom is -0.490 e. The molecule has 0 bridgehead atoms. The fraction of sp³-hybridized carbons (Fsp3) is 0.385. The molecule has 0 atom stereocenters. The fourth-order valence-electron chi connectivity index (χ4n) is 4.06. The molecule has 1 heterocycles. The van der Waals surface area contributed by atoms with E-state index >= 15 is 0 Å². The van der Waals surface area contributed by atoms with E-state index in [-0.39, 0.29) is 42.1 Å². The molecule has 0 aromatic heterocycles. The van der Waals surface area contributed by atoms with Crippen LogP contribution in [0.2, 0.25) is 0 Å². The number of amides is 2. The summed E-state index contributed by atoms with van der Waals surface area (Å²) >= 11 is 0. The van der Waals surface area contributed by atoms with Crippen LogP contribution in [0.3, 0.4) is 0 Å². The van der Waals surface area contributed by atoms with E-state index in [4.69, 9.17) is 15.6 Å². The van der Waals surface area contributed by atoms with E-state index in [1.165, 1.54) is 6.07 Å². The van der Waals surface area contributed by atoms with Crippen molar-refractivity contribution in [3.63, 3.8) is 0 Å². The van der Waals surface area contributed by atoms with Crippen molar-refractivity contribution in [3.05, 3.63) is 63.7 Å². The molecule has 0 radical (unpaired) electrons. The Morgan fingerprint density at radius 3 is 2.77 bits per heavy atom. The number of amidine groups is 1. The van der Waals surface area contributed by atoms with Gasteiger partial charge < -0.3 is 25.8 Å². The van der Waals surface area contributed by atoms with Gasteiger partial charge in [0.05, 0.1) is 24.8 Å². The summed E-state index contributed by atoms with van der Waals surface area (Å²) in [6.07, 6.45) is 0.572. The third-order valence-corrected chi connectivity index (χ3v) is 5.81. The molecular formula is C26H31N5O4. The van der Waals surface area contributed by atoms with E-state index < -0.39 is 5.91 Å². The first kappa shape index (κ1) is 25.9. The molecule has 3 rings (SSSR count). The average molecular weight is 478 g/mol. The normalized spacial score (nSPS) is 13.4. The van der Waals surface area contributed by atoms with Crippen molar-refractivity contribution in [2.75, 3.05) is 26.2 Å². The lowest BCUT2D eigenvalue weighted by atomic mass is 9.91. The molecule has 0 unspecified atom stereocenters. The van der Waals surface area contributed by atoms with Gasteiger partial charge in [0.15, 0.2) is 0 Å². The van der Waals surface area contributed by atoms with Crippen LogP contribution in [-0.4, -0.2) is 60.0 Å². The lowest BCUT2D eigenvalue weighted by Crippen LogP contribution is -2.42. The van der Waals surface area contributed by atoms with Crippen molar-refractivity contribution in [2.24, 2.45) is 10.7 Å². The van der Waals surface area contributed by atoms with Crippen molar-refractivity contribution >= 4 is 17.6 Å². The van der Waals surface area contributed by atoms with Gasteiger partial charge in [-0.3, -0.25) is 9.59 Å². The van der Waals surface area contributed by atoms with Crippen LogP contribution in [0.4, 0.5) is 0 Å². The summed E-state index contributed by atoms with van der Waals surface area (Å²) in [4.78, 5) is 31.0. The number of nitrogens with zero attached hydrogens (tertiary/aromatic N) is 3. The second-order valence-corrected chi connectivity index (χ2v) is 8.63. The summed E-state index contributed by atoms with van der Waals surface area (Å²) in [5.41, 5.74) is 10.5. The van der Waals surface area contributed by atoms with Crippen molar-refractivity contribution < 1.29 is 19.4 Å². The molecule has 2 amide bonds. The number of hydrogen-bond donors (Lipinski definition) is 3. The molecular weight excluding hydrogens is 446 g/mol. The molecule has 0 aliphatic carbocycles. The highest BCUT2D eigenvalue weighted by Gasteiger charge is 2.23. The molecule has 4 N–H and O–H groups in total. The summed E-state index contributed by atoms with van der Waals surface area (Å²) in [6.45, 7) is 7.28. The number of hydrogen-bond acceptors (Lipinski definition) is 6. The number of carbonyl (C=O) groups is 2. The van der Waals surface area contributed by atoms with Crippen LogP contribution in [0.5, 0.6) is 5.75 Å². The van der Waals surface area contributed by atoms with Crippen LogP contribution in [0, 0.1) is 18.3 Å². The van der Waals surface area contributed by atoms with E-state index in [9.17, 15) is 14.9 Å². The first-order valence-corrected chi connectivity index (χ1v) is 11.6. The maximum atomic E-state index is 12.8. The molecule has 9 heteroatoms. The van der Waals surface area contributed by atoms with E-state index in [1.54, 1.807) is 17.0 Å². The van der Waals surface area contributed by atoms with Crippen LogP contribution < -0.4 is 15.8 Å². The standard InChI is InChI=1S/C26H31N5O4/c1-16(2)35-23-7-5-18(12-20(23)13-27)26(34)30-25(28)22-6-4-19-15-31(10-8-21(19)17(22)3)24(33)14-29-9-11-32/h4-7,12,16,29,32H,8-11,14-15H2,1-3H3,(H2,28,30,34). The van der Waals surface area contributed by atoms with E-state index in [0.29, 0.717) is 37.4 Å². The van der Waals surface area contributed by atoms with E-state index in [2.05, 4.69) is 16.4 Å². The Morgan fingerprint density at radius 2 is 2.09 bits per heavy atom. The van der Waals surface area contributed by atoms with Crippen LogP contribution in [0.1, 0.15) is 52.0 Å². The lowest BCUT2D eigenvalue weighted by molar-refractivity contribution is -0.131. The average Bonchev–Trinajstić information content (AvgIpc) is 2.83. The zero-order chi connectivity index (χ0) is 25.5. The SMILES string of the molecule is Cc1c(C(N)=NC(=O)c2ccc(OC(C)C)c(C#N)c2)ccc2c1CCN(C(=O)CNCCO)C2. The molecule has 0 saturated heterocycles. The minimum atomic E-state index is -0.542. The summed E-state index contributed by atoms with van der Waals surface area (Å²) in [7, 11) is 0. The quantitative estimate of drug-likeness (QED) is 0.298. The van der Waals surface area contributed by atoms with Crippen molar-refractivity contribution in [1.29, 1.82) is 5.26 Å². The van der Waals surface area contributed by atoms with Crippen LogP contribution >= 0.6 is 0 Å². The summed E-state index contributed by atoms with van der Waals surface area (Å²) in [6, 6.07) is 10.4. The van der Waals surface area contributed by atoms with Crippen molar-refractivity contribution in [3.8, 4) is 11.8 Å². The maximum absolute atomic E-state index is 12.8. The summed E-state index contributed by atoms with van der Waals surface area (Å²) < 4.78 is 5.60. The Balaban J connectivity index is 1.78. The first-order chi connectivity index (χ1) is 16.7. The highest BCUT2D eigenvalue weighted by Crippen LogP contribution is 2.26. The zero-order valence-electron chi connectivity index (χ0n) is 20.3. The van der Waals surface area contributed by atoms with E-state index in [1.807, 2.05) is 32.9 Å². The number of nitriles is 1. The van der Waals surface area contributed by atoms with Gasteiger partial charge >= 0.3 is 0 Å². The summed E-state index contributed by atoms with van der Waals surface area (Å²) in [5.74, 6) is -0.0420. The molecule has 1 aliphatic heterocycles. The number of benzene rings is 2. The van der Waals surface area contributed by atoms with Gasteiger partial charge in [0.25, 0.3) is 5.91 Å². The molecule has 0 saturated carbocycles. The topological polar surface area (TPSA) is 141 Å². The largest absolute Gasteiger partial charge is 0.490 e. The Hall–Kier alpha value is -3.74. The van der Waals surface area contributed by atoms with Crippen molar-refractivity contribution in [1.82, 2.24) is 10.2 Å². The number of aliphatic imine (C=N–C) groups is 1. The number of ether oxygens (including phenoxy) is 1. The predicted molar refractivity (Wildman–Crippen MR) is 132 cm³/mol. The van der Waals surface area contributed by atoms with Gasteiger partial charge in [-0.2, -0.15) is 10.3 Å². The van der Waals surface area contributed by atoms with Crippen LogP contribution in [-0.2, 0) is 17.8 Å². The Kier molecular flexibility index (Phi) is 8.58. The minimum absolute atomic E-state index is 0.0130. The van der Waals surface area contributed by atoms with Crippen molar-refractivity contribution in [2.45, 2.75) is 39.8 Å². The van der Waals surface area contributed by atoms with Gasteiger partial charge in [-0.05, 0) is 62.1 Å². The molecule has 0 spiro atoms. The smallest absolute Gasteiger partial charge is 0.278 e. The Bertz CT molecular complexity index is 1180. The maximum Gasteiger partial charge on any atom is 0.278 e. The molecule has 2 aromatic carbocycles. The predicted octanol–water partition coefficient (Wildman–Crippen LogP) is 1.67. The zero-order valence-corrected chi connectivity index (χ0v) is 20.3. The molecule has 0 fully saturated rings. The highest BCUT2D eigenvalue weighted by molar-refractivity contribution is 6.09. The number of fused-ring (bicyclic) bond motifs is 1. The highest BCUT2D eigenvalue weighted by atomic mass is 16.5. The molecule has 1 aliphatic rings.